The van der Waals surface area contributed by atoms with Crippen molar-refractivity contribution in [3.8, 4) is 0 Å². The van der Waals surface area contributed by atoms with Gasteiger partial charge in [0, 0.05) is 37.3 Å². The molecule has 1 amide bonds. The van der Waals surface area contributed by atoms with Crippen LogP contribution in [0.1, 0.15) is 93.4 Å². The molecule has 0 aromatic rings. The van der Waals surface area contributed by atoms with Gasteiger partial charge in [-0.3, -0.25) is 14.4 Å². The van der Waals surface area contributed by atoms with E-state index in [9.17, 15) is 19.2 Å². The van der Waals surface area contributed by atoms with Gasteiger partial charge in [-0.1, -0.05) is 39.3 Å². The van der Waals surface area contributed by atoms with E-state index < -0.39 is 6.10 Å². The SMILES string of the molecule is CSCOC(=O)/C(CCC=C(C)C)=C1/C2CC(=O)C3[C@@]4(C)CCNC(=O)[C@@H](C)C4CC[C@]3(C)[C@@]2(C)C[C@@H]1OC(C)=O. The minimum atomic E-state index is -0.573. The van der Waals surface area contributed by atoms with E-state index in [4.69, 9.17) is 9.47 Å². The van der Waals surface area contributed by atoms with Crippen LogP contribution < -0.4 is 5.32 Å². The highest BCUT2D eigenvalue weighted by atomic mass is 32.2. The Balaban J connectivity index is 1.85. The molecular weight excluding hydrogens is 538 g/mol. The summed E-state index contributed by atoms with van der Waals surface area (Å²) in [5.74, 6) is -0.669. The second kappa shape index (κ2) is 11.9. The van der Waals surface area contributed by atoms with Crippen LogP contribution in [0.5, 0.6) is 0 Å². The first-order valence-electron chi connectivity index (χ1n) is 15.2. The lowest BCUT2D eigenvalue weighted by Gasteiger charge is -2.65. The van der Waals surface area contributed by atoms with Gasteiger partial charge in [-0.25, -0.2) is 4.79 Å². The lowest BCUT2D eigenvalue weighted by Crippen LogP contribution is -2.63. The van der Waals surface area contributed by atoms with Crippen molar-refractivity contribution in [3.63, 3.8) is 0 Å². The zero-order valence-electron chi connectivity index (χ0n) is 26.2. The van der Waals surface area contributed by atoms with E-state index in [-0.39, 0.29) is 69.5 Å². The molecule has 1 aliphatic heterocycles. The lowest BCUT2D eigenvalue weighted by molar-refractivity contribution is -0.184. The second-order valence-corrected chi connectivity index (χ2v) is 14.7. The molecule has 1 saturated heterocycles. The van der Waals surface area contributed by atoms with Crippen LogP contribution in [-0.4, -0.2) is 48.5 Å². The van der Waals surface area contributed by atoms with Crippen LogP contribution in [0.25, 0.3) is 0 Å². The number of thioether (sulfide) groups is 1. The van der Waals surface area contributed by atoms with E-state index in [0.29, 0.717) is 37.8 Å². The molecule has 8 atom stereocenters. The Morgan fingerprint density at radius 3 is 2.44 bits per heavy atom. The van der Waals surface area contributed by atoms with Gasteiger partial charge in [0.05, 0.1) is 0 Å². The third-order valence-electron chi connectivity index (χ3n) is 11.4. The van der Waals surface area contributed by atoms with Gasteiger partial charge in [-0.15, -0.1) is 11.8 Å². The number of ketones is 1. The molecule has 228 valence electrons. The summed E-state index contributed by atoms with van der Waals surface area (Å²) in [4.78, 5) is 53.3. The molecule has 4 fully saturated rings. The predicted molar refractivity (Wildman–Crippen MR) is 161 cm³/mol. The first-order chi connectivity index (χ1) is 19.2. The van der Waals surface area contributed by atoms with Gasteiger partial charge in [0.1, 0.15) is 17.8 Å². The summed E-state index contributed by atoms with van der Waals surface area (Å²) in [7, 11) is 0. The average molecular weight is 588 g/mol. The number of amides is 1. The molecule has 3 unspecified atom stereocenters. The molecule has 4 aliphatic rings. The number of allylic oxidation sites excluding steroid dienone is 2. The Morgan fingerprint density at radius 2 is 1.80 bits per heavy atom. The minimum absolute atomic E-state index is 0.0837. The van der Waals surface area contributed by atoms with Gasteiger partial charge in [0.2, 0.25) is 5.91 Å². The van der Waals surface area contributed by atoms with E-state index in [0.717, 1.165) is 24.8 Å². The Bertz CT molecular complexity index is 1160. The van der Waals surface area contributed by atoms with Gasteiger partial charge in [0.15, 0.2) is 0 Å². The number of Topliss-reactive ketones (excluding diaryl/α,β-unsaturated/α-hetero) is 1. The molecule has 3 saturated carbocycles. The summed E-state index contributed by atoms with van der Waals surface area (Å²) in [6.45, 7) is 14.8. The maximum atomic E-state index is 14.5. The Labute approximate surface area is 250 Å². The van der Waals surface area contributed by atoms with Gasteiger partial charge in [-0.2, -0.15) is 0 Å². The minimum Gasteiger partial charge on any atom is -0.458 e. The molecule has 4 rings (SSSR count). The summed E-state index contributed by atoms with van der Waals surface area (Å²) < 4.78 is 11.6. The summed E-state index contributed by atoms with van der Waals surface area (Å²) >= 11 is 1.43. The van der Waals surface area contributed by atoms with E-state index in [2.05, 4.69) is 32.2 Å². The van der Waals surface area contributed by atoms with Crippen LogP contribution in [0.3, 0.4) is 0 Å². The molecular formula is C33H49NO6S. The van der Waals surface area contributed by atoms with Crippen molar-refractivity contribution in [1.82, 2.24) is 5.32 Å². The Hall–Kier alpha value is -2.09. The fourth-order valence-corrected chi connectivity index (χ4v) is 9.65. The molecule has 0 radical (unpaired) electrons. The molecule has 0 aromatic carbocycles. The normalized spacial score (nSPS) is 39.4. The highest BCUT2D eigenvalue weighted by Gasteiger charge is 2.70. The van der Waals surface area contributed by atoms with Crippen molar-refractivity contribution in [3.05, 3.63) is 22.8 Å². The number of rotatable bonds is 7. The van der Waals surface area contributed by atoms with Crippen molar-refractivity contribution in [2.24, 2.45) is 39.9 Å². The maximum absolute atomic E-state index is 14.5. The zero-order valence-corrected chi connectivity index (χ0v) is 27.0. The molecule has 0 aromatic heterocycles. The first-order valence-corrected chi connectivity index (χ1v) is 16.6. The third-order valence-corrected chi connectivity index (χ3v) is 11.7. The van der Waals surface area contributed by atoms with E-state index in [1.807, 2.05) is 27.0 Å². The summed E-state index contributed by atoms with van der Waals surface area (Å²) in [5.41, 5.74) is 1.46. The Morgan fingerprint density at radius 1 is 1.10 bits per heavy atom. The average Bonchev–Trinajstić information content (AvgIpc) is 3.09. The highest BCUT2D eigenvalue weighted by molar-refractivity contribution is 7.98. The zero-order chi connectivity index (χ0) is 30.3. The van der Waals surface area contributed by atoms with Crippen LogP contribution in [0.4, 0.5) is 0 Å². The number of hydrogen-bond acceptors (Lipinski definition) is 7. The molecule has 8 heteroatoms. The largest absolute Gasteiger partial charge is 0.458 e. The number of nitrogens with one attached hydrogen (secondary N) is 1. The van der Waals surface area contributed by atoms with Crippen LogP contribution in [0, 0.1) is 39.9 Å². The third kappa shape index (κ3) is 5.43. The number of carbonyl (C=O) groups excluding carboxylic acids is 4. The van der Waals surface area contributed by atoms with Crippen LogP contribution in [0.2, 0.25) is 0 Å². The van der Waals surface area contributed by atoms with Crippen molar-refractivity contribution in [1.29, 1.82) is 0 Å². The second-order valence-electron chi connectivity index (χ2n) is 13.9. The van der Waals surface area contributed by atoms with Crippen LogP contribution in [0.15, 0.2) is 22.8 Å². The van der Waals surface area contributed by atoms with E-state index in [1.165, 1.54) is 24.3 Å². The first kappa shape index (κ1) is 31.8. The Kier molecular flexibility index (Phi) is 9.23. The summed E-state index contributed by atoms with van der Waals surface area (Å²) in [5, 5.41) is 3.09. The van der Waals surface area contributed by atoms with Crippen LogP contribution >= 0.6 is 11.8 Å². The van der Waals surface area contributed by atoms with Crippen molar-refractivity contribution in [2.45, 2.75) is 99.5 Å². The predicted octanol–water partition coefficient (Wildman–Crippen LogP) is 6.02. The molecule has 7 nitrogen and oxygen atoms in total. The highest BCUT2D eigenvalue weighted by Crippen LogP contribution is 2.73. The standard InChI is InChI=1S/C33H49NO6S/c1-19(2)10-9-11-22(30(38)39-18-41-8)27-24-16-25(36)28-31(5)14-15-34-29(37)20(3)23(31)12-13-32(28,6)33(24,7)17-26(27)40-21(4)35/h10,20,23-24,26,28H,9,11-18H2,1-8H3,(H,34,37)/b27-22-/t20-,23?,24?,26-,28?,31-,32-,33-/m0/s1. The number of carbonyl (C=O) groups is 4. The fourth-order valence-electron chi connectivity index (χ4n) is 9.43. The summed E-state index contributed by atoms with van der Waals surface area (Å²) in [6.07, 6.45) is 7.88. The molecule has 0 spiro atoms. The van der Waals surface area contributed by atoms with Gasteiger partial charge >= 0.3 is 11.9 Å². The molecule has 0 bridgehead atoms. The molecule has 1 heterocycles. The number of fused-ring (bicyclic) bond motifs is 5. The monoisotopic (exact) mass is 587 g/mol. The fraction of sp³-hybridized carbons (Fsp3) is 0.758. The van der Waals surface area contributed by atoms with Crippen molar-refractivity contribution < 1.29 is 28.7 Å². The summed E-state index contributed by atoms with van der Waals surface area (Å²) in [6, 6.07) is 0. The van der Waals surface area contributed by atoms with Crippen LogP contribution in [-0.2, 0) is 28.7 Å². The van der Waals surface area contributed by atoms with Gasteiger partial charge in [-0.05, 0) is 92.3 Å². The number of esters is 2. The maximum Gasteiger partial charge on any atom is 0.334 e. The number of hydrogen-bond donors (Lipinski definition) is 1. The van der Waals surface area contributed by atoms with E-state index in [1.54, 1.807) is 0 Å². The lowest BCUT2D eigenvalue weighted by atomic mass is 9.38. The van der Waals surface area contributed by atoms with Gasteiger partial charge in [0.25, 0.3) is 0 Å². The molecule has 1 N–H and O–H groups in total. The molecule has 41 heavy (non-hydrogen) atoms. The van der Waals surface area contributed by atoms with E-state index >= 15 is 0 Å². The van der Waals surface area contributed by atoms with Crippen molar-refractivity contribution in [2.75, 3.05) is 18.7 Å². The van der Waals surface area contributed by atoms with Gasteiger partial charge < -0.3 is 14.8 Å². The molecule has 3 aliphatic carbocycles. The topological polar surface area (TPSA) is 98.8 Å². The smallest absolute Gasteiger partial charge is 0.334 e. The number of ether oxygens (including phenoxy) is 2. The quantitative estimate of drug-likeness (QED) is 0.168. The van der Waals surface area contributed by atoms with Crippen molar-refractivity contribution >= 4 is 35.4 Å².